The summed E-state index contributed by atoms with van der Waals surface area (Å²) in [5, 5.41) is 3.11. The Morgan fingerprint density at radius 1 is 1.35 bits per heavy atom. The van der Waals surface area contributed by atoms with Gasteiger partial charge in [-0.05, 0) is 37.8 Å². The number of piperazine rings is 1. The minimum Gasteiger partial charge on any atom is -0.480 e. The molecule has 2 unspecified atom stereocenters. The molecule has 142 valence electrons. The Morgan fingerprint density at radius 2 is 2.15 bits per heavy atom. The van der Waals surface area contributed by atoms with E-state index in [1.54, 1.807) is 0 Å². The second-order valence-corrected chi connectivity index (χ2v) is 7.12. The first-order valence-corrected chi connectivity index (χ1v) is 9.61. The van der Waals surface area contributed by atoms with Crippen molar-refractivity contribution in [2.24, 2.45) is 0 Å². The van der Waals surface area contributed by atoms with Crippen LogP contribution in [-0.2, 0) is 9.59 Å². The molecule has 2 fully saturated rings. The maximum absolute atomic E-state index is 13.0. The number of hydrogen-bond acceptors (Lipinski definition) is 4. The van der Waals surface area contributed by atoms with E-state index >= 15 is 0 Å². The van der Waals surface area contributed by atoms with Gasteiger partial charge in [-0.3, -0.25) is 9.59 Å². The first-order valence-electron chi connectivity index (χ1n) is 9.61. The van der Waals surface area contributed by atoms with Gasteiger partial charge in [0.15, 0.2) is 6.10 Å². The van der Waals surface area contributed by atoms with Crippen molar-refractivity contribution in [3.8, 4) is 5.75 Å². The third-order valence-electron chi connectivity index (χ3n) is 5.28. The van der Waals surface area contributed by atoms with Gasteiger partial charge in [0.1, 0.15) is 5.75 Å². The van der Waals surface area contributed by atoms with Gasteiger partial charge in [0.2, 0.25) is 5.91 Å². The molecular weight excluding hydrogens is 330 g/mol. The highest BCUT2D eigenvalue weighted by molar-refractivity contribution is 5.82. The molecule has 2 amide bonds. The SMILES string of the molecule is CCC(Oc1ccccc1C)C(=O)N1CCCC(N2CCNCC2=O)C1. The number of ether oxygens (including phenoxy) is 1. The standard InChI is InChI=1S/C20H29N3O3/c1-3-17(26-18-9-5-4-7-15(18)2)20(25)22-11-6-8-16(14-22)23-12-10-21-13-19(23)24/h4-5,7,9,16-17,21H,3,6,8,10-14H2,1-2H3. The van der Waals surface area contributed by atoms with Crippen molar-refractivity contribution >= 4 is 11.8 Å². The van der Waals surface area contributed by atoms with E-state index in [0.717, 1.165) is 43.8 Å². The molecule has 2 aliphatic heterocycles. The summed E-state index contributed by atoms with van der Waals surface area (Å²) < 4.78 is 6.03. The lowest BCUT2D eigenvalue weighted by Crippen LogP contribution is -2.58. The average Bonchev–Trinajstić information content (AvgIpc) is 2.67. The summed E-state index contributed by atoms with van der Waals surface area (Å²) in [6, 6.07) is 7.90. The van der Waals surface area contributed by atoms with Crippen LogP contribution >= 0.6 is 0 Å². The molecule has 3 rings (SSSR count). The van der Waals surface area contributed by atoms with Crippen molar-refractivity contribution < 1.29 is 14.3 Å². The summed E-state index contributed by atoms with van der Waals surface area (Å²) in [6.45, 7) is 7.26. The Labute approximate surface area is 155 Å². The van der Waals surface area contributed by atoms with E-state index < -0.39 is 6.10 Å². The maximum Gasteiger partial charge on any atom is 0.263 e. The zero-order valence-corrected chi connectivity index (χ0v) is 15.7. The van der Waals surface area contributed by atoms with Crippen molar-refractivity contribution in [3.05, 3.63) is 29.8 Å². The molecule has 2 atom stereocenters. The Hall–Kier alpha value is -2.08. The van der Waals surface area contributed by atoms with Crippen molar-refractivity contribution in [3.63, 3.8) is 0 Å². The number of rotatable bonds is 5. The number of hydrogen-bond donors (Lipinski definition) is 1. The quantitative estimate of drug-likeness (QED) is 0.867. The van der Waals surface area contributed by atoms with Gasteiger partial charge in [-0.1, -0.05) is 25.1 Å². The van der Waals surface area contributed by atoms with Crippen LogP contribution in [0, 0.1) is 6.92 Å². The number of nitrogens with one attached hydrogen (secondary N) is 1. The van der Waals surface area contributed by atoms with E-state index in [0.29, 0.717) is 19.5 Å². The van der Waals surface area contributed by atoms with Crippen LogP contribution < -0.4 is 10.1 Å². The number of carbonyl (C=O) groups excluding carboxylic acids is 2. The molecule has 2 saturated heterocycles. The lowest BCUT2D eigenvalue weighted by Gasteiger charge is -2.41. The van der Waals surface area contributed by atoms with E-state index in [1.165, 1.54) is 0 Å². The summed E-state index contributed by atoms with van der Waals surface area (Å²) in [5.74, 6) is 0.931. The number of amides is 2. The number of para-hydroxylation sites is 1. The molecule has 1 aromatic rings. The van der Waals surface area contributed by atoms with Crippen LogP contribution in [0.25, 0.3) is 0 Å². The molecule has 6 heteroatoms. The number of nitrogens with zero attached hydrogens (tertiary/aromatic N) is 2. The van der Waals surface area contributed by atoms with Gasteiger partial charge in [-0.25, -0.2) is 0 Å². The number of aryl methyl sites for hydroxylation is 1. The third kappa shape index (κ3) is 4.18. The topological polar surface area (TPSA) is 61.9 Å². The van der Waals surface area contributed by atoms with Crippen LogP contribution in [0.2, 0.25) is 0 Å². The van der Waals surface area contributed by atoms with E-state index in [-0.39, 0.29) is 17.9 Å². The largest absolute Gasteiger partial charge is 0.480 e. The number of piperidine rings is 1. The Bertz CT molecular complexity index is 649. The second-order valence-electron chi connectivity index (χ2n) is 7.12. The zero-order valence-electron chi connectivity index (χ0n) is 15.7. The highest BCUT2D eigenvalue weighted by Gasteiger charge is 2.34. The fraction of sp³-hybridized carbons (Fsp3) is 0.600. The Balaban J connectivity index is 1.65. The van der Waals surface area contributed by atoms with E-state index in [9.17, 15) is 9.59 Å². The number of carbonyl (C=O) groups is 2. The summed E-state index contributed by atoms with van der Waals surface area (Å²) in [4.78, 5) is 29.0. The Morgan fingerprint density at radius 3 is 2.88 bits per heavy atom. The van der Waals surface area contributed by atoms with Gasteiger partial charge in [0.25, 0.3) is 5.91 Å². The number of benzene rings is 1. The molecule has 0 aromatic heterocycles. The fourth-order valence-electron chi connectivity index (χ4n) is 3.77. The van der Waals surface area contributed by atoms with Gasteiger partial charge < -0.3 is 19.9 Å². The molecule has 0 bridgehead atoms. The summed E-state index contributed by atoms with van der Waals surface area (Å²) in [6.07, 6.45) is 2.04. The molecule has 26 heavy (non-hydrogen) atoms. The molecular formula is C20H29N3O3. The first-order chi connectivity index (χ1) is 12.6. The van der Waals surface area contributed by atoms with Gasteiger partial charge in [-0.2, -0.15) is 0 Å². The van der Waals surface area contributed by atoms with Gasteiger partial charge in [0.05, 0.1) is 6.54 Å². The Kier molecular flexibility index (Phi) is 6.14. The molecule has 6 nitrogen and oxygen atoms in total. The molecule has 1 N–H and O–H groups in total. The molecule has 0 radical (unpaired) electrons. The highest BCUT2D eigenvalue weighted by Crippen LogP contribution is 2.22. The van der Waals surface area contributed by atoms with Crippen LogP contribution in [0.3, 0.4) is 0 Å². The summed E-state index contributed by atoms with van der Waals surface area (Å²) in [5.41, 5.74) is 1.03. The normalized spacial score (nSPS) is 22.2. The van der Waals surface area contributed by atoms with Gasteiger partial charge in [0, 0.05) is 32.2 Å². The van der Waals surface area contributed by atoms with E-state index in [1.807, 2.05) is 47.9 Å². The summed E-state index contributed by atoms with van der Waals surface area (Å²) in [7, 11) is 0. The van der Waals surface area contributed by atoms with Gasteiger partial charge >= 0.3 is 0 Å². The van der Waals surface area contributed by atoms with Crippen molar-refractivity contribution in [1.29, 1.82) is 0 Å². The smallest absolute Gasteiger partial charge is 0.263 e. The number of likely N-dealkylation sites (tertiary alicyclic amines) is 1. The van der Waals surface area contributed by atoms with E-state index in [2.05, 4.69) is 5.32 Å². The fourth-order valence-corrected chi connectivity index (χ4v) is 3.77. The molecule has 0 saturated carbocycles. The van der Waals surface area contributed by atoms with E-state index in [4.69, 9.17) is 4.74 Å². The van der Waals surface area contributed by atoms with Crippen molar-refractivity contribution in [2.75, 3.05) is 32.7 Å². The lowest BCUT2D eigenvalue weighted by atomic mass is 10.0. The van der Waals surface area contributed by atoms with Crippen LogP contribution in [0.5, 0.6) is 5.75 Å². The van der Waals surface area contributed by atoms with Crippen LogP contribution in [-0.4, -0.2) is 66.5 Å². The minimum absolute atomic E-state index is 0.0306. The molecule has 0 spiro atoms. The molecule has 2 aliphatic rings. The third-order valence-corrected chi connectivity index (χ3v) is 5.28. The van der Waals surface area contributed by atoms with Crippen LogP contribution in [0.1, 0.15) is 31.7 Å². The minimum atomic E-state index is -0.478. The van der Waals surface area contributed by atoms with Gasteiger partial charge in [-0.15, -0.1) is 0 Å². The predicted molar refractivity (Wildman–Crippen MR) is 100 cm³/mol. The maximum atomic E-state index is 13.0. The molecule has 1 aromatic carbocycles. The zero-order chi connectivity index (χ0) is 18.5. The van der Waals surface area contributed by atoms with Crippen LogP contribution in [0.4, 0.5) is 0 Å². The molecule has 2 heterocycles. The first kappa shape index (κ1) is 18.7. The van der Waals surface area contributed by atoms with Crippen molar-refractivity contribution in [2.45, 2.75) is 45.3 Å². The lowest BCUT2D eigenvalue weighted by molar-refractivity contribution is -0.144. The van der Waals surface area contributed by atoms with Crippen LogP contribution in [0.15, 0.2) is 24.3 Å². The monoisotopic (exact) mass is 359 g/mol. The second kappa shape index (κ2) is 8.54. The summed E-state index contributed by atoms with van der Waals surface area (Å²) >= 11 is 0. The highest BCUT2D eigenvalue weighted by atomic mass is 16.5. The molecule has 0 aliphatic carbocycles. The predicted octanol–water partition coefficient (Wildman–Crippen LogP) is 1.58. The van der Waals surface area contributed by atoms with Crippen molar-refractivity contribution in [1.82, 2.24) is 15.1 Å². The average molecular weight is 359 g/mol.